The first-order valence-electron chi connectivity index (χ1n) is 9.39. The number of alkyl halides is 3. The van der Waals surface area contributed by atoms with Gasteiger partial charge in [-0.25, -0.2) is 0 Å². The first kappa shape index (κ1) is 19.4. The highest BCUT2D eigenvalue weighted by Gasteiger charge is 2.37. The summed E-state index contributed by atoms with van der Waals surface area (Å²) < 4.78 is 41.1. The molecule has 0 aliphatic carbocycles. The van der Waals surface area contributed by atoms with E-state index in [1.807, 2.05) is 25.1 Å². The van der Waals surface area contributed by atoms with E-state index in [1.54, 1.807) is 17.3 Å². The number of rotatable bonds is 4. The molecule has 0 spiro atoms. The normalized spacial score (nSPS) is 17.5. The standard InChI is InChI=1S/C20H21F3N6/c1-13-12-29(7-6-25-13)19-15(20(21,22)23)10-24-11-18(19)28-9-14-2-3-16-17(8-14)27-5-4-26-16/h2-5,8,10-11,13,25,28H,6-7,9,12H2,1H3. The van der Waals surface area contributed by atoms with Crippen molar-refractivity contribution in [3.8, 4) is 0 Å². The molecule has 1 aliphatic rings. The molecule has 3 heterocycles. The molecule has 6 nitrogen and oxygen atoms in total. The third-order valence-electron chi connectivity index (χ3n) is 4.92. The van der Waals surface area contributed by atoms with Gasteiger partial charge in [-0.2, -0.15) is 13.2 Å². The van der Waals surface area contributed by atoms with Gasteiger partial charge in [0.25, 0.3) is 0 Å². The highest BCUT2D eigenvalue weighted by molar-refractivity contribution is 5.76. The predicted octanol–water partition coefficient (Wildman–Crippen LogP) is 3.45. The second-order valence-corrected chi connectivity index (χ2v) is 7.12. The first-order chi connectivity index (χ1) is 13.9. The zero-order chi connectivity index (χ0) is 20.4. The van der Waals surface area contributed by atoms with E-state index in [0.29, 0.717) is 31.9 Å². The minimum absolute atomic E-state index is 0.102. The van der Waals surface area contributed by atoms with Gasteiger partial charge in [-0.05, 0) is 24.6 Å². The van der Waals surface area contributed by atoms with E-state index in [-0.39, 0.29) is 11.7 Å². The molecule has 1 saturated heterocycles. The summed E-state index contributed by atoms with van der Waals surface area (Å²) in [4.78, 5) is 14.1. The molecule has 2 aromatic heterocycles. The summed E-state index contributed by atoms with van der Waals surface area (Å²) in [5.41, 5.74) is 2.21. The van der Waals surface area contributed by atoms with Gasteiger partial charge < -0.3 is 15.5 Å². The lowest BCUT2D eigenvalue weighted by Crippen LogP contribution is -2.50. The molecule has 3 aromatic rings. The van der Waals surface area contributed by atoms with Gasteiger partial charge in [0.2, 0.25) is 0 Å². The maximum atomic E-state index is 13.7. The third kappa shape index (κ3) is 4.24. The van der Waals surface area contributed by atoms with E-state index in [4.69, 9.17) is 0 Å². The Hall–Kier alpha value is -2.94. The number of nitrogens with one attached hydrogen (secondary N) is 2. The number of halogens is 3. The summed E-state index contributed by atoms with van der Waals surface area (Å²) in [7, 11) is 0. The van der Waals surface area contributed by atoms with Crippen LogP contribution in [0.4, 0.5) is 24.5 Å². The van der Waals surface area contributed by atoms with Gasteiger partial charge in [0.05, 0.1) is 34.2 Å². The zero-order valence-corrected chi connectivity index (χ0v) is 15.9. The number of piperazine rings is 1. The quantitative estimate of drug-likeness (QED) is 0.697. The molecule has 4 rings (SSSR count). The van der Waals surface area contributed by atoms with Crippen molar-refractivity contribution in [2.24, 2.45) is 0 Å². The van der Waals surface area contributed by atoms with Gasteiger partial charge in [0.15, 0.2) is 0 Å². The number of hydrogen-bond donors (Lipinski definition) is 2. The van der Waals surface area contributed by atoms with Crippen LogP contribution in [0, 0.1) is 0 Å². The fourth-order valence-electron chi connectivity index (χ4n) is 3.58. The van der Waals surface area contributed by atoms with Gasteiger partial charge in [-0.15, -0.1) is 0 Å². The van der Waals surface area contributed by atoms with Crippen LogP contribution in [0.3, 0.4) is 0 Å². The molecule has 0 bridgehead atoms. The van der Waals surface area contributed by atoms with E-state index in [2.05, 4.69) is 25.6 Å². The zero-order valence-electron chi connectivity index (χ0n) is 15.9. The van der Waals surface area contributed by atoms with Crippen molar-refractivity contribution in [1.82, 2.24) is 20.3 Å². The molecule has 29 heavy (non-hydrogen) atoms. The van der Waals surface area contributed by atoms with Crippen LogP contribution >= 0.6 is 0 Å². The largest absolute Gasteiger partial charge is 0.419 e. The average molecular weight is 402 g/mol. The van der Waals surface area contributed by atoms with Crippen LogP contribution in [0.1, 0.15) is 18.1 Å². The Morgan fingerprint density at radius 1 is 1.17 bits per heavy atom. The molecular formula is C20H21F3N6. The summed E-state index contributed by atoms with van der Waals surface area (Å²) in [6.45, 7) is 3.93. The lowest BCUT2D eigenvalue weighted by molar-refractivity contribution is -0.137. The van der Waals surface area contributed by atoms with Crippen molar-refractivity contribution in [3.63, 3.8) is 0 Å². The Morgan fingerprint density at radius 2 is 1.97 bits per heavy atom. The second kappa shape index (κ2) is 7.82. The van der Waals surface area contributed by atoms with Gasteiger partial charge in [0.1, 0.15) is 0 Å². The Morgan fingerprint density at radius 3 is 2.72 bits per heavy atom. The van der Waals surface area contributed by atoms with Gasteiger partial charge >= 0.3 is 6.18 Å². The lowest BCUT2D eigenvalue weighted by Gasteiger charge is -2.36. The van der Waals surface area contributed by atoms with Gasteiger partial charge in [-0.3, -0.25) is 15.0 Å². The van der Waals surface area contributed by atoms with Crippen molar-refractivity contribution >= 4 is 22.4 Å². The highest BCUT2D eigenvalue weighted by Crippen LogP contribution is 2.40. The van der Waals surface area contributed by atoms with E-state index in [0.717, 1.165) is 22.8 Å². The molecule has 152 valence electrons. The van der Waals surface area contributed by atoms with E-state index in [1.165, 1.54) is 6.20 Å². The monoisotopic (exact) mass is 402 g/mol. The van der Waals surface area contributed by atoms with Crippen LogP contribution in [-0.2, 0) is 12.7 Å². The van der Waals surface area contributed by atoms with Crippen LogP contribution in [0.2, 0.25) is 0 Å². The van der Waals surface area contributed by atoms with Crippen molar-refractivity contribution in [2.75, 3.05) is 29.9 Å². The van der Waals surface area contributed by atoms with Crippen molar-refractivity contribution in [1.29, 1.82) is 0 Å². The maximum absolute atomic E-state index is 13.7. The Bertz CT molecular complexity index is 1010. The average Bonchev–Trinajstić information content (AvgIpc) is 2.71. The molecule has 9 heteroatoms. The SMILES string of the molecule is CC1CN(c2c(NCc3ccc4nccnc4c3)cncc2C(F)(F)F)CCN1. The third-order valence-corrected chi connectivity index (χ3v) is 4.92. The van der Waals surface area contributed by atoms with Crippen molar-refractivity contribution in [2.45, 2.75) is 25.7 Å². The van der Waals surface area contributed by atoms with Crippen LogP contribution in [0.25, 0.3) is 11.0 Å². The van der Waals surface area contributed by atoms with E-state index >= 15 is 0 Å². The van der Waals surface area contributed by atoms with Crippen LogP contribution < -0.4 is 15.5 Å². The number of benzene rings is 1. The fourth-order valence-corrected chi connectivity index (χ4v) is 3.58. The number of anilines is 2. The Kier molecular flexibility index (Phi) is 5.23. The van der Waals surface area contributed by atoms with Gasteiger partial charge in [0, 0.05) is 50.8 Å². The predicted molar refractivity (Wildman–Crippen MR) is 106 cm³/mol. The summed E-state index contributed by atoms with van der Waals surface area (Å²) in [6, 6.07) is 5.72. The molecule has 1 fully saturated rings. The Labute approximate surface area is 166 Å². The molecule has 1 aliphatic heterocycles. The first-order valence-corrected chi connectivity index (χ1v) is 9.39. The van der Waals surface area contributed by atoms with E-state index < -0.39 is 11.7 Å². The number of hydrogen-bond acceptors (Lipinski definition) is 6. The van der Waals surface area contributed by atoms with Gasteiger partial charge in [-0.1, -0.05) is 6.07 Å². The molecule has 0 radical (unpaired) electrons. The minimum atomic E-state index is -4.48. The van der Waals surface area contributed by atoms with Crippen LogP contribution in [0.15, 0.2) is 43.0 Å². The molecule has 0 saturated carbocycles. The van der Waals surface area contributed by atoms with Crippen molar-refractivity contribution < 1.29 is 13.2 Å². The maximum Gasteiger partial charge on any atom is 0.419 e. The number of nitrogens with zero attached hydrogens (tertiary/aromatic N) is 4. The lowest BCUT2D eigenvalue weighted by atomic mass is 10.1. The molecule has 1 aromatic carbocycles. The van der Waals surface area contributed by atoms with Crippen LogP contribution in [-0.4, -0.2) is 40.6 Å². The Balaban J connectivity index is 1.65. The molecule has 2 N–H and O–H groups in total. The molecular weight excluding hydrogens is 381 g/mol. The van der Waals surface area contributed by atoms with Crippen molar-refractivity contribution in [3.05, 3.63) is 54.1 Å². The van der Waals surface area contributed by atoms with Crippen LogP contribution in [0.5, 0.6) is 0 Å². The fraction of sp³-hybridized carbons (Fsp3) is 0.350. The molecule has 0 amide bonds. The van der Waals surface area contributed by atoms with E-state index in [9.17, 15) is 13.2 Å². The summed E-state index contributed by atoms with van der Waals surface area (Å²) in [6.07, 6.45) is 1.11. The minimum Gasteiger partial charge on any atom is -0.378 e. The summed E-state index contributed by atoms with van der Waals surface area (Å²) in [5, 5.41) is 6.41. The smallest absolute Gasteiger partial charge is 0.378 e. The topological polar surface area (TPSA) is 66.0 Å². The molecule has 1 unspecified atom stereocenters. The number of aromatic nitrogens is 3. The number of fused-ring (bicyclic) bond motifs is 1. The summed E-state index contributed by atoms with van der Waals surface area (Å²) in [5.74, 6) is 0. The summed E-state index contributed by atoms with van der Waals surface area (Å²) >= 11 is 0. The number of pyridine rings is 1. The highest BCUT2D eigenvalue weighted by atomic mass is 19.4. The second-order valence-electron chi connectivity index (χ2n) is 7.12. The molecule has 1 atom stereocenters.